The number of aromatic nitrogens is 1. The summed E-state index contributed by atoms with van der Waals surface area (Å²) in [5, 5.41) is 2.56. The molecule has 0 saturated carbocycles. The van der Waals surface area contributed by atoms with Gasteiger partial charge in [-0.2, -0.15) is 13.2 Å². The Hall–Kier alpha value is -2.81. The van der Waals surface area contributed by atoms with Crippen molar-refractivity contribution in [3.8, 4) is 0 Å². The first-order chi connectivity index (χ1) is 18.7. The fraction of sp³-hybridized carbons (Fsp3) is 0.500. The van der Waals surface area contributed by atoms with Gasteiger partial charge in [0, 0.05) is 42.8 Å². The molecule has 1 N–H and O–H groups in total. The highest BCUT2D eigenvalue weighted by atomic mass is 79.9. The van der Waals surface area contributed by atoms with Crippen molar-refractivity contribution in [2.24, 2.45) is 4.36 Å². The van der Waals surface area contributed by atoms with Gasteiger partial charge in [-0.3, -0.25) is 4.79 Å². The van der Waals surface area contributed by atoms with Gasteiger partial charge >= 0.3 is 12.3 Å². The number of pyridine rings is 1. The molecule has 2 amide bonds. The quantitative estimate of drug-likeness (QED) is 0.340. The number of alkyl halides is 5. The smallest absolute Gasteiger partial charge is 0.442 e. The summed E-state index contributed by atoms with van der Waals surface area (Å²) in [5.74, 6) is -4.23. The van der Waals surface area contributed by atoms with Gasteiger partial charge in [-0.25, -0.2) is 22.8 Å². The molecule has 8 nitrogen and oxygen atoms in total. The summed E-state index contributed by atoms with van der Waals surface area (Å²) in [6.45, 7) is 5.82. The number of hydrogen-bond donors (Lipinski definition) is 1. The van der Waals surface area contributed by atoms with Crippen LogP contribution in [0.4, 0.5) is 38.3 Å². The number of rotatable bonds is 4. The Morgan fingerprint density at radius 3 is 2.44 bits per heavy atom. The van der Waals surface area contributed by atoms with Crippen LogP contribution in [-0.2, 0) is 20.6 Å². The molecule has 1 atom stereocenters. The molecule has 0 aliphatic carbocycles. The maximum absolute atomic E-state index is 14.0. The maximum Gasteiger partial charge on any atom is 0.442 e. The summed E-state index contributed by atoms with van der Waals surface area (Å²) in [7, 11) is -3.31. The van der Waals surface area contributed by atoms with E-state index >= 15 is 0 Å². The summed E-state index contributed by atoms with van der Waals surface area (Å²) in [5.41, 5.74) is -2.38. The van der Waals surface area contributed by atoms with Crippen LogP contribution in [0.15, 0.2) is 38.0 Å². The molecule has 2 aromatic rings. The average molecular weight is 670 g/mol. The molecule has 1 aliphatic heterocycles. The monoisotopic (exact) mass is 668 g/mol. The number of carbonyl (C=O) groups excluding carboxylic acids is 2. The van der Waals surface area contributed by atoms with Crippen molar-refractivity contribution in [2.45, 2.75) is 69.6 Å². The van der Waals surface area contributed by atoms with E-state index in [9.17, 15) is 35.8 Å². The number of nitrogens with one attached hydrogen (secondary N) is 1. The molecule has 1 aromatic carbocycles. The van der Waals surface area contributed by atoms with Crippen LogP contribution in [0, 0.1) is 6.92 Å². The van der Waals surface area contributed by atoms with Gasteiger partial charge in [-0.1, -0.05) is 6.07 Å². The lowest BCUT2D eigenvalue weighted by Crippen LogP contribution is -2.31. The van der Waals surface area contributed by atoms with E-state index in [0.29, 0.717) is 0 Å². The fourth-order valence-electron chi connectivity index (χ4n) is 4.11. The lowest BCUT2D eigenvalue weighted by molar-refractivity contribution is -0.141. The Labute approximate surface area is 243 Å². The topological polar surface area (TPSA) is 101 Å². The third kappa shape index (κ3) is 8.37. The van der Waals surface area contributed by atoms with Crippen molar-refractivity contribution in [2.75, 3.05) is 29.6 Å². The number of amides is 2. The normalized spacial score (nSPS) is 17.3. The predicted octanol–water partition coefficient (Wildman–Crippen LogP) is 7.44. The second-order valence-corrected chi connectivity index (χ2v) is 13.7. The lowest BCUT2D eigenvalue weighted by Gasteiger charge is -2.27. The Morgan fingerprint density at radius 1 is 1.17 bits per heavy atom. The van der Waals surface area contributed by atoms with E-state index in [0.717, 1.165) is 0 Å². The zero-order valence-electron chi connectivity index (χ0n) is 23.0. The van der Waals surface area contributed by atoms with Crippen molar-refractivity contribution < 1.29 is 40.5 Å². The molecule has 1 aromatic heterocycles. The summed E-state index contributed by atoms with van der Waals surface area (Å²) in [6, 6.07) is 5.63. The van der Waals surface area contributed by atoms with Crippen molar-refractivity contribution in [1.82, 2.24) is 4.98 Å². The number of anilines is 2. The number of ether oxygens (including phenoxy) is 1. The summed E-state index contributed by atoms with van der Waals surface area (Å²) in [4.78, 5) is 30.7. The number of halogens is 6. The molecule has 1 aliphatic rings. The molecule has 0 spiro atoms. The molecule has 3 rings (SSSR count). The largest absolute Gasteiger partial charge is 0.442 e. The van der Waals surface area contributed by atoms with Crippen molar-refractivity contribution in [3.63, 3.8) is 0 Å². The fourth-order valence-corrected chi connectivity index (χ4v) is 5.72. The van der Waals surface area contributed by atoms with Crippen molar-refractivity contribution >= 4 is 49.2 Å². The van der Waals surface area contributed by atoms with Crippen LogP contribution in [0.1, 0.15) is 61.6 Å². The highest BCUT2D eigenvalue weighted by Crippen LogP contribution is 2.40. The molecule has 1 saturated heterocycles. The summed E-state index contributed by atoms with van der Waals surface area (Å²) < 4.78 is 91.0. The molecule has 2 heterocycles. The number of nitrogens with zero attached hydrogens (tertiary/aromatic N) is 3. The highest BCUT2D eigenvalue weighted by Gasteiger charge is 2.40. The van der Waals surface area contributed by atoms with Gasteiger partial charge < -0.3 is 15.0 Å². The molecule has 0 radical (unpaired) electrons. The summed E-state index contributed by atoms with van der Waals surface area (Å²) in [6.07, 6.45) is -5.77. The Kier molecular flexibility index (Phi) is 9.43. The van der Waals surface area contributed by atoms with E-state index in [4.69, 9.17) is 4.74 Å². The standard InChI is InChI=1S/C26H30BrF5N4O4S/c1-15-18(21(34-20(19(15)27)26(30,31)32)36-12-7-10-25(28,29)11-13-36)22(37)33-16-8-6-9-17(14-16)41(5,39)35-23(38)40-24(2,3)4/h6,8-9,14H,7,10-13H2,1-5H3,(H,33,37)/t41-/m1/s1. The molecule has 0 unspecified atom stereocenters. The highest BCUT2D eigenvalue weighted by molar-refractivity contribution is 9.10. The van der Waals surface area contributed by atoms with Gasteiger partial charge in [-0.05, 0) is 73.8 Å². The van der Waals surface area contributed by atoms with E-state index in [1.165, 1.54) is 42.3 Å². The van der Waals surface area contributed by atoms with E-state index in [-0.39, 0.29) is 47.0 Å². The first-order valence-electron chi connectivity index (χ1n) is 12.5. The van der Waals surface area contributed by atoms with Gasteiger partial charge in [0.15, 0.2) is 5.69 Å². The third-order valence-electron chi connectivity index (χ3n) is 6.04. The van der Waals surface area contributed by atoms with Crippen LogP contribution in [0.2, 0.25) is 0 Å². The molecule has 226 valence electrons. The minimum atomic E-state index is -4.88. The average Bonchev–Trinajstić information content (AvgIpc) is 2.98. The van der Waals surface area contributed by atoms with Crippen LogP contribution < -0.4 is 10.2 Å². The lowest BCUT2D eigenvalue weighted by atomic mass is 10.1. The molecule has 15 heteroatoms. The van der Waals surface area contributed by atoms with Crippen LogP contribution >= 0.6 is 15.9 Å². The van der Waals surface area contributed by atoms with Crippen LogP contribution in [-0.4, -0.2) is 52.1 Å². The SMILES string of the molecule is Cc1c(Br)c(C(F)(F)F)nc(N2CCCC(F)(F)CC2)c1C(=O)Nc1cccc([S@@](C)(=O)=NC(=O)OC(C)(C)C)c1. The van der Waals surface area contributed by atoms with Crippen molar-refractivity contribution in [3.05, 3.63) is 45.6 Å². The zero-order valence-corrected chi connectivity index (χ0v) is 25.4. The van der Waals surface area contributed by atoms with Gasteiger partial charge in [-0.15, -0.1) is 4.36 Å². The van der Waals surface area contributed by atoms with Crippen LogP contribution in [0.3, 0.4) is 0 Å². The Balaban J connectivity index is 2.03. The molecule has 1 fully saturated rings. The third-order valence-corrected chi connectivity index (χ3v) is 8.63. The molecular formula is C26H30BrF5N4O4S. The van der Waals surface area contributed by atoms with Crippen molar-refractivity contribution in [1.29, 1.82) is 0 Å². The molecule has 0 bridgehead atoms. The minimum absolute atomic E-state index is 0.0136. The minimum Gasteiger partial charge on any atom is -0.442 e. The van der Waals surface area contributed by atoms with Gasteiger partial charge in [0.1, 0.15) is 11.4 Å². The van der Waals surface area contributed by atoms with Gasteiger partial charge in [0.2, 0.25) is 5.92 Å². The first-order valence-corrected chi connectivity index (χ1v) is 15.2. The second-order valence-electron chi connectivity index (χ2n) is 10.6. The Bertz CT molecular complexity index is 1470. The molecular weight excluding hydrogens is 639 g/mol. The van der Waals surface area contributed by atoms with E-state index in [2.05, 4.69) is 30.6 Å². The summed E-state index contributed by atoms with van der Waals surface area (Å²) >= 11 is 2.90. The number of hydrogen-bond acceptors (Lipinski definition) is 6. The van der Waals surface area contributed by atoms with Crippen LogP contribution in [0.25, 0.3) is 0 Å². The molecule has 41 heavy (non-hydrogen) atoms. The Morgan fingerprint density at radius 2 is 1.83 bits per heavy atom. The van der Waals surface area contributed by atoms with Crippen LogP contribution in [0.5, 0.6) is 0 Å². The number of benzene rings is 1. The van der Waals surface area contributed by atoms with E-state index in [1.807, 2.05) is 0 Å². The van der Waals surface area contributed by atoms with Gasteiger partial charge in [0.25, 0.3) is 5.91 Å². The maximum atomic E-state index is 14.0. The van der Waals surface area contributed by atoms with E-state index in [1.54, 1.807) is 20.8 Å². The zero-order chi connectivity index (χ0) is 31.0. The van der Waals surface area contributed by atoms with Gasteiger partial charge in [0.05, 0.1) is 19.8 Å². The predicted molar refractivity (Wildman–Crippen MR) is 148 cm³/mol. The second kappa shape index (κ2) is 11.8. The van der Waals surface area contributed by atoms with E-state index < -0.39 is 62.4 Å². The first kappa shape index (κ1) is 32.7. The number of carbonyl (C=O) groups is 2.